The van der Waals surface area contributed by atoms with Crippen LogP contribution in [0.2, 0.25) is 0 Å². The van der Waals surface area contributed by atoms with Crippen LogP contribution >= 0.6 is 0 Å². The SMILES string of the molecule is C=C(O)C(C)=C(O)OCC. The Balaban J connectivity index is 4.19. The fourth-order valence-corrected chi connectivity index (χ4v) is 0.368. The average molecular weight is 144 g/mol. The summed E-state index contributed by atoms with van der Waals surface area (Å²) in [6, 6.07) is 0. The lowest BCUT2D eigenvalue weighted by Gasteiger charge is -2.03. The van der Waals surface area contributed by atoms with Gasteiger partial charge in [-0.25, -0.2) is 0 Å². The standard InChI is InChI=1S/C7H12O3/c1-4-10-7(9)5(2)6(3)8/h8-9H,3-4H2,1-2H3. The van der Waals surface area contributed by atoms with Gasteiger partial charge in [0, 0.05) is 0 Å². The normalized spacial score (nSPS) is 12.2. The molecular formula is C7H12O3. The number of rotatable bonds is 3. The van der Waals surface area contributed by atoms with Crippen molar-refractivity contribution in [2.24, 2.45) is 0 Å². The minimum absolute atomic E-state index is 0.175. The van der Waals surface area contributed by atoms with E-state index < -0.39 is 0 Å². The lowest BCUT2D eigenvalue weighted by Crippen LogP contribution is -1.95. The van der Waals surface area contributed by atoms with Crippen molar-refractivity contribution in [3.05, 3.63) is 23.9 Å². The van der Waals surface area contributed by atoms with Crippen LogP contribution in [0, 0.1) is 0 Å². The summed E-state index contributed by atoms with van der Waals surface area (Å²) in [6.45, 7) is 6.85. The number of aliphatic hydroxyl groups excluding tert-OH is 2. The maximum absolute atomic E-state index is 8.92. The molecule has 0 aromatic heterocycles. The third-order valence-corrected chi connectivity index (χ3v) is 1.03. The number of aliphatic hydroxyl groups is 2. The number of hydrogen-bond donors (Lipinski definition) is 2. The summed E-state index contributed by atoms with van der Waals surface area (Å²) >= 11 is 0. The minimum Gasteiger partial charge on any atom is -0.508 e. The highest BCUT2D eigenvalue weighted by atomic mass is 16.6. The molecule has 0 saturated heterocycles. The summed E-state index contributed by atoms with van der Waals surface area (Å²) in [4.78, 5) is 0. The molecule has 0 rings (SSSR count). The molecular weight excluding hydrogens is 132 g/mol. The summed E-state index contributed by atoms with van der Waals surface area (Å²) < 4.78 is 4.68. The topological polar surface area (TPSA) is 49.7 Å². The van der Waals surface area contributed by atoms with Gasteiger partial charge in [-0.2, -0.15) is 0 Å². The molecule has 58 valence electrons. The zero-order chi connectivity index (χ0) is 8.15. The van der Waals surface area contributed by atoms with Crippen LogP contribution in [0.4, 0.5) is 0 Å². The van der Waals surface area contributed by atoms with Crippen molar-refractivity contribution < 1.29 is 14.9 Å². The molecule has 3 nitrogen and oxygen atoms in total. The van der Waals surface area contributed by atoms with Gasteiger partial charge >= 0.3 is 0 Å². The van der Waals surface area contributed by atoms with Gasteiger partial charge in [0.1, 0.15) is 5.76 Å². The molecule has 2 N–H and O–H groups in total. The Morgan fingerprint density at radius 1 is 1.50 bits per heavy atom. The Kier molecular flexibility index (Phi) is 3.39. The highest BCUT2D eigenvalue weighted by Crippen LogP contribution is 2.08. The predicted octanol–water partition coefficient (Wildman–Crippen LogP) is 1.88. The average Bonchev–Trinajstić information content (AvgIpc) is 1.87. The molecule has 0 atom stereocenters. The fraction of sp³-hybridized carbons (Fsp3) is 0.429. The molecule has 0 radical (unpaired) electrons. The molecule has 0 amide bonds. The van der Waals surface area contributed by atoms with Gasteiger partial charge in [0.2, 0.25) is 0 Å². The second-order valence-corrected chi connectivity index (χ2v) is 1.81. The molecule has 0 fully saturated rings. The molecule has 0 saturated carbocycles. The molecule has 10 heavy (non-hydrogen) atoms. The first-order valence-corrected chi connectivity index (χ1v) is 3.00. The second kappa shape index (κ2) is 3.82. The van der Waals surface area contributed by atoms with Gasteiger partial charge in [-0.15, -0.1) is 0 Å². The number of hydrogen-bond acceptors (Lipinski definition) is 3. The van der Waals surface area contributed by atoms with Gasteiger partial charge in [0.05, 0.1) is 12.2 Å². The molecule has 0 aromatic carbocycles. The highest BCUT2D eigenvalue weighted by molar-refractivity contribution is 5.19. The van der Waals surface area contributed by atoms with Crippen molar-refractivity contribution in [3.8, 4) is 0 Å². The van der Waals surface area contributed by atoms with Crippen molar-refractivity contribution in [2.75, 3.05) is 6.61 Å². The largest absolute Gasteiger partial charge is 0.508 e. The van der Waals surface area contributed by atoms with E-state index in [1.807, 2.05) is 0 Å². The van der Waals surface area contributed by atoms with Crippen LogP contribution in [0.5, 0.6) is 0 Å². The molecule has 0 heterocycles. The van der Waals surface area contributed by atoms with E-state index in [0.717, 1.165) is 0 Å². The van der Waals surface area contributed by atoms with E-state index in [9.17, 15) is 0 Å². The Hall–Kier alpha value is -1.12. The Labute approximate surface area is 60.3 Å². The lowest BCUT2D eigenvalue weighted by atomic mass is 10.3. The highest BCUT2D eigenvalue weighted by Gasteiger charge is 2.02. The summed E-state index contributed by atoms with van der Waals surface area (Å²) in [5.74, 6) is -0.444. The first-order chi connectivity index (χ1) is 4.59. The van der Waals surface area contributed by atoms with Crippen LogP contribution in [0.3, 0.4) is 0 Å². The monoisotopic (exact) mass is 144 g/mol. The van der Waals surface area contributed by atoms with Crippen molar-refractivity contribution >= 4 is 0 Å². The Bertz CT molecular complexity index is 158. The first kappa shape index (κ1) is 8.88. The van der Waals surface area contributed by atoms with Gasteiger partial charge < -0.3 is 14.9 Å². The Morgan fingerprint density at radius 3 is 2.30 bits per heavy atom. The third-order valence-electron chi connectivity index (χ3n) is 1.03. The maximum Gasteiger partial charge on any atom is 0.283 e. The van der Waals surface area contributed by atoms with E-state index in [-0.39, 0.29) is 17.3 Å². The lowest BCUT2D eigenvalue weighted by molar-refractivity contribution is 0.0969. The Morgan fingerprint density at radius 2 is 2.00 bits per heavy atom. The summed E-state index contributed by atoms with van der Waals surface area (Å²) in [7, 11) is 0. The molecule has 0 aliphatic rings. The summed E-state index contributed by atoms with van der Waals surface area (Å²) in [6.07, 6.45) is 0. The van der Waals surface area contributed by atoms with E-state index in [1.54, 1.807) is 6.92 Å². The molecule has 0 spiro atoms. The van der Waals surface area contributed by atoms with Gasteiger partial charge in [0.15, 0.2) is 0 Å². The third kappa shape index (κ3) is 2.44. The van der Waals surface area contributed by atoms with E-state index in [4.69, 9.17) is 10.2 Å². The second-order valence-electron chi connectivity index (χ2n) is 1.81. The summed E-state index contributed by atoms with van der Waals surface area (Å²) in [5, 5.41) is 17.7. The minimum atomic E-state index is -0.269. The summed E-state index contributed by atoms with van der Waals surface area (Å²) in [5.41, 5.74) is 0.266. The maximum atomic E-state index is 8.92. The van der Waals surface area contributed by atoms with Crippen molar-refractivity contribution in [1.82, 2.24) is 0 Å². The van der Waals surface area contributed by atoms with Gasteiger partial charge in [0.25, 0.3) is 5.95 Å². The van der Waals surface area contributed by atoms with E-state index >= 15 is 0 Å². The van der Waals surface area contributed by atoms with Crippen molar-refractivity contribution in [2.45, 2.75) is 13.8 Å². The van der Waals surface area contributed by atoms with Gasteiger partial charge in [-0.3, -0.25) is 0 Å². The molecule has 0 aliphatic heterocycles. The van der Waals surface area contributed by atoms with E-state index in [0.29, 0.717) is 6.61 Å². The van der Waals surface area contributed by atoms with Gasteiger partial charge in [-0.1, -0.05) is 6.58 Å². The van der Waals surface area contributed by atoms with Crippen LogP contribution in [-0.4, -0.2) is 16.8 Å². The van der Waals surface area contributed by atoms with Crippen LogP contribution in [0.15, 0.2) is 23.9 Å². The molecule has 0 aliphatic carbocycles. The zero-order valence-corrected chi connectivity index (χ0v) is 6.22. The zero-order valence-electron chi connectivity index (χ0n) is 6.22. The smallest absolute Gasteiger partial charge is 0.283 e. The predicted molar refractivity (Wildman–Crippen MR) is 38.7 cm³/mol. The fourth-order valence-electron chi connectivity index (χ4n) is 0.368. The van der Waals surface area contributed by atoms with Gasteiger partial charge in [-0.05, 0) is 13.8 Å². The van der Waals surface area contributed by atoms with Crippen LogP contribution in [-0.2, 0) is 4.74 Å². The number of ether oxygens (including phenoxy) is 1. The van der Waals surface area contributed by atoms with Crippen molar-refractivity contribution in [1.29, 1.82) is 0 Å². The quantitative estimate of drug-likeness (QED) is 0.469. The van der Waals surface area contributed by atoms with E-state index in [1.165, 1.54) is 6.92 Å². The molecule has 0 aromatic rings. The molecule has 0 bridgehead atoms. The van der Waals surface area contributed by atoms with Crippen molar-refractivity contribution in [3.63, 3.8) is 0 Å². The van der Waals surface area contributed by atoms with Crippen LogP contribution in [0.25, 0.3) is 0 Å². The molecule has 3 heteroatoms. The first-order valence-electron chi connectivity index (χ1n) is 3.00. The van der Waals surface area contributed by atoms with E-state index in [2.05, 4.69) is 11.3 Å². The van der Waals surface area contributed by atoms with Crippen LogP contribution in [0.1, 0.15) is 13.8 Å². The number of allylic oxidation sites excluding steroid dienone is 1. The van der Waals surface area contributed by atoms with Crippen LogP contribution < -0.4 is 0 Å². The molecule has 0 unspecified atom stereocenters.